The van der Waals surface area contributed by atoms with Gasteiger partial charge in [0.2, 0.25) is 0 Å². The molecule has 0 atom stereocenters. The molecule has 3 nitrogen and oxygen atoms in total. The summed E-state index contributed by atoms with van der Waals surface area (Å²) >= 11 is 0. The lowest BCUT2D eigenvalue weighted by Crippen LogP contribution is -2.10. The summed E-state index contributed by atoms with van der Waals surface area (Å²) in [5.41, 5.74) is 6.82. The second-order valence-electron chi connectivity index (χ2n) is 2.74. The number of hydrogen-bond donors (Lipinski definition) is 1. The van der Waals surface area contributed by atoms with Crippen LogP contribution in [0.5, 0.6) is 0 Å². The molecular weight excluding hydrogens is 162 g/mol. The maximum absolute atomic E-state index is 5.53. The molecule has 0 fully saturated rings. The Bertz CT molecular complexity index is 220. The van der Waals surface area contributed by atoms with Crippen LogP contribution in [0.3, 0.4) is 0 Å². The van der Waals surface area contributed by atoms with Gasteiger partial charge in [0, 0.05) is 18.3 Å². The molecule has 1 aromatic heterocycles. The summed E-state index contributed by atoms with van der Waals surface area (Å²) in [5, 5.41) is 4.15. The van der Waals surface area contributed by atoms with Gasteiger partial charge in [0.1, 0.15) is 5.82 Å². The van der Waals surface area contributed by atoms with Crippen molar-refractivity contribution in [3.05, 3.63) is 11.8 Å². The van der Waals surface area contributed by atoms with Crippen LogP contribution in [0.25, 0.3) is 0 Å². The topological polar surface area (TPSA) is 43.8 Å². The van der Waals surface area contributed by atoms with Gasteiger partial charge in [-0.2, -0.15) is 5.10 Å². The molecule has 0 saturated heterocycles. The summed E-state index contributed by atoms with van der Waals surface area (Å²) < 4.78 is 2.01. The van der Waals surface area contributed by atoms with Gasteiger partial charge in [-0.05, 0) is 19.3 Å². The fraction of sp³-hybridized carbons (Fsp3) is 0.571. The van der Waals surface area contributed by atoms with E-state index in [-0.39, 0.29) is 12.4 Å². The van der Waals surface area contributed by atoms with Crippen LogP contribution in [0.4, 0.5) is 5.82 Å². The number of halogens is 1. The highest BCUT2D eigenvalue weighted by molar-refractivity contribution is 5.85. The molecule has 1 aromatic rings. The molecule has 0 spiro atoms. The SMILES string of the molecule is Cl.Nc1cc2n(n1)CCCC2. The zero-order valence-corrected chi connectivity index (χ0v) is 7.10. The standard InChI is InChI=1S/C7H11N3.ClH/c8-7-5-6-3-1-2-4-10(6)9-7;/h5H,1-4H2,(H2,8,9);1H. The van der Waals surface area contributed by atoms with E-state index in [2.05, 4.69) is 5.10 Å². The van der Waals surface area contributed by atoms with E-state index in [1.807, 2.05) is 10.7 Å². The highest BCUT2D eigenvalue weighted by Crippen LogP contribution is 2.15. The summed E-state index contributed by atoms with van der Waals surface area (Å²) in [6, 6.07) is 1.97. The number of nitrogens with two attached hydrogens (primary N) is 1. The number of aryl methyl sites for hydroxylation is 2. The maximum Gasteiger partial charge on any atom is 0.145 e. The van der Waals surface area contributed by atoms with Crippen LogP contribution >= 0.6 is 12.4 Å². The Kier molecular flexibility index (Phi) is 2.39. The number of nitrogens with zero attached hydrogens (tertiary/aromatic N) is 2. The Morgan fingerprint density at radius 3 is 3.00 bits per heavy atom. The number of hydrogen-bond acceptors (Lipinski definition) is 2. The van der Waals surface area contributed by atoms with Gasteiger partial charge < -0.3 is 5.73 Å². The first kappa shape index (κ1) is 8.40. The van der Waals surface area contributed by atoms with Crippen LogP contribution in [0, 0.1) is 0 Å². The van der Waals surface area contributed by atoms with Crippen molar-refractivity contribution >= 4 is 18.2 Å². The summed E-state index contributed by atoms with van der Waals surface area (Å²) in [6.45, 7) is 1.05. The Labute approximate surface area is 72.0 Å². The summed E-state index contributed by atoms with van der Waals surface area (Å²) in [6.07, 6.45) is 3.67. The summed E-state index contributed by atoms with van der Waals surface area (Å²) in [4.78, 5) is 0. The van der Waals surface area contributed by atoms with Crippen molar-refractivity contribution in [3.63, 3.8) is 0 Å². The van der Waals surface area contributed by atoms with Crippen LogP contribution in [-0.2, 0) is 13.0 Å². The number of aromatic nitrogens is 2. The van der Waals surface area contributed by atoms with Crippen molar-refractivity contribution in [1.82, 2.24) is 9.78 Å². The molecule has 11 heavy (non-hydrogen) atoms. The third-order valence-electron chi connectivity index (χ3n) is 1.94. The van der Waals surface area contributed by atoms with E-state index in [0.717, 1.165) is 13.0 Å². The van der Waals surface area contributed by atoms with Gasteiger partial charge in [0.05, 0.1) is 0 Å². The van der Waals surface area contributed by atoms with E-state index >= 15 is 0 Å². The fourth-order valence-corrected chi connectivity index (χ4v) is 1.44. The van der Waals surface area contributed by atoms with Crippen LogP contribution in [0.1, 0.15) is 18.5 Å². The van der Waals surface area contributed by atoms with Crippen molar-refractivity contribution in [1.29, 1.82) is 0 Å². The van der Waals surface area contributed by atoms with Crippen LogP contribution in [0.15, 0.2) is 6.07 Å². The van der Waals surface area contributed by atoms with Crippen molar-refractivity contribution < 1.29 is 0 Å². The van der Waals surface area contributed by atoms with Crippen molar-refractivity contribution in [2.24, 2.45) is 0 Å². The van der Waals surface area contributed by atoms with Gasteiger partial charge in [0.15, 0.2) is 0 Å². The average molecular weight is 174 g/mol. The summed E-state index contributed by atoms with van der Waals surface area (Å²) in [5.74, 6) is 0.664. The maximum atomic E-state index is 5.53. The van der Waals surface area contributed by atoms with E-state index in [1.165, 1.54) is 18.5 Å². The lowest BCUT2D eigenvalue weighted by Gasteiger charge is -2.11. The van der Waals surface area contributed by atoms with Gasteiger partial charge in [-0.1, -0.05) is 0 Å². The molecule has 2 rings (SSSR count). The number of anilines is 1. The minimum absolute atomic E-state index is 0. The molecule has 0 saturated carbocycles. The third-order valence-corrected chi connectivity index (χ3v) is 1.94. The van der Waals surface area contributed by atoms with Crippen molar-refractivity contribution in [3.8, 4) is 0 Å². The quantitative estimate of drug-likeness (QED) is 0.641. The zero-order valence-electron chi connectivity index (χ0n) is 6.29. The Morgan fingerprint density at radius 1 is 1.45 bits per heavy atom. The van der Waals surface area contributed by atoms with Crippen molar-refractivity contribution in [2.45, 2.75) is 25.8 Å². The number of nitrogen functional groups attached to an aromatic ring is 1. The highest BCUT2D eigenvalue weighted by atomic mass is 35.5. The first-order valence-electron chi connectivity index (χ1n) is 3.68. The molecule has 0 bridgehead atoms. The van der Waals surface area contributed by atoms with Crippen LogP contribution < -0.4 is 5.73 Å². The van der Waals surface area contributed by atoms with Gasteiger partial charge in [-0.25, -0.2) is 0 Å². The molecule has 62 valence electrons. The Balaban J connectivity index is 0.000000605. The lowest BCUT2D eigenvalue weighted by molar-refractivity contribution is 0.487. The molecule has 0 radical (unpaired) electrons. The average Bonchev–Trinajstić information content (AvgIpc) is 2.27. The first-order valence-corrected chi connectivity index (χ1v) is 3.68. The molecule has 0 aromatic carbocycles. The van der Waals surface area contributed by atoms with Gasteiger partial charge in [-0.15, -0.1) is 12.4 Å². The number of fused-ring (bicyclic) bond motifs is 1. The summed E-state index contributed by atoms with van der Waals surface area (Å²) in [7, 11) is 0. The normalized spacial score (nSPS) is 15.3. The number of rotatable bonds is 0. The third kappa shape index (κ3) is 1.48. The lowest BCUT2D eigenvalue weighted by atomic mass is 10.1. The molecule has 0 amide bonds. The predicted molar refractivity (Wildman–Crippen MR) is 46.8 cm³/mol. The minimum atomic E-state index is 0. The van der Waals surface area contributed by atoms with Crippen LogP contribution in [0.2, 0.25) is 0 Å². The fourth-order valence-electron chi connectivity index (χ4n) is 1.44. The molecule has 4 heteroatoms. The first-order chi connectivity index (χ1) is 4.86. The van der Waals surface area contributed by atoms with E-state index in [4.69, 9.17) is 5.73 Å². The van der Waals surface area contributed by atoms with E-state index in [0.29, 0.717) is 5.82 Å². The largest absolute Gasteiger partial charge is 0.382 e. The predicted octanol–water partition coefficient (Wildman–Crippen LogP) is 1.22. The van der Waals surface area contributed by atoms with Gasteiger partial charge in [-0.3, -0.25) is 4.68 Å². The highest BCUT2D eigenvalue weighted by Gasteiger charge is 2.09. The van der Waals surface area contributed by atoms with E-state index < -0.39 is 0 Å². The smallest absolute Gasteiger partial charge is 0.145 e. The second-order valence-corrected chi connectivity index (χ2v) is 2.74. The van der Waals surface area contributed by atoms with Gasteiger partial charge >= 0.3 is 0 Å². The molecule has 0 aliphatic carbocycles. The molecule has 0 unspecified atom stereocenters. The molecule has 1 aliphatic rings. The van der Waals surface area contributed by atoms with Crippen molar-refractivity contribution in [2.75, 3.05) is 5.73 Å². The Morgan fingerprint density at radius 2 is 2.27 bits per heavy atom. The molecular formula is C7H12ClN3. The van der Waals surface area contributed by atoms with Crippen LogP contribution in [-0.4, -0.2) is 9.78 Å². The second kappa shape index (κ2) is 3.13. The Hall–Kier alpha value is -0.700. The zero-order chi connectivity index (χ0) is 6.97. The van der Waals surface area contributed by atoms with E-state index in [9.17, 15) is 0 Å². The monoisotopic (exact) mass is 173 g/mol. The van der Waals surface area contributed by atoms with Gasteiger partial charge in [0.25, 0.3) is 0 Å². The molecule has 2 heterocycles. The van der Waals surface area contributed by atoms with E-state index in [1.54, 1.807) is 0 Å². The molecule has 2 N–H and O–H groups in total. The minimum Gasteiger partial charge on any atom is -0.382 e. The molecule has 1 aliphatic heterocycles.